The molecule has 0 aliphatic heterocycles. The van der Waals surface area contributed by atoms with Crippen LogP contribution < -0.4 is 10.6 Å². The van der Waals surface area contributed by atoms with Crippen molar-refractivity contribution in [3.63, 3.8) is 0 Å². The van der Waals surface area contributed by atoms with Gasteiger partial charge in [0.2, 0.25) is 5.91 Å². The van der Waals surface area contributed by atoms with Crippen LogP contribution in [-0.4, -0.2) is 19.5 Å². The first-order valence-electron chi connectivity index (χ1n) is 5.41. The summed E-state index contributed by atoms with van der Waals surface area (Å²) >= 11 is 0. The van der Waals surface area contributed by atoms with Crippen LogP contribution in [0.2, 0.25) is 0 Å². The van der Waals surface area contributed by atoms with E-state index in [0.717, 1.165) is 18.2 Å². The lowest BCUT2D eigenvalue weighted by Gasteiger charge is -2.11. The predicted octanol–water partition coefficient (Wildman–Crippen LogP) is 1.86. The third kappa shape index (κ3) is 4.98. The molecule has 0 fully saturated rings. The average Bonchev–Trinajstić information content (AvgIpc) is 2.30. The fourth-order valence-corrected chi connectivity index (χ4v) is 1.43. The van der Waals surface area contributed by atoms with Crippen LogP contribution in [0.15, 0.2) is 18.2 Å². The SMILES string of the molecule is CNCC(C)C(=O)NCc1cc(F)ccc1F.Cl. The highest BCUT2D eigenvalue weighted by Crippen LogP contribution is 2.09. The molecule has 1 aromatic carbocycles. The lowest BCUT2D eigenvalue weighted by Crippen LogP contribution is -2.34. The van der Waals surface area contributed by atoms with Gasteiger partial charge in [0.25, 0.3) is 0 Å². The summed E-state index contributed by atoms with van der Waals surface area (Å²) in [4.78, 5) is 11.5. The Bertz CT molecular complexity index is 402. The summed E-state index contributed by atoms with van der Waals surface area (Å²) in [5, 5.41) is 5.44. The molecule has 3 nitrogen and oxygen atoms in total. The first kappa shape index (κ1) is 16.8. The highest BCUT2D eigenvalue weighted by Gasteiger charge is 2.12. The number of hydrogen-bond donors (Lipinski definition) is 2. The topological polar surface area (TPSA) is 41.1 Å². The molecule has 6 heteroatoms. The average molecular weight is 279 g/mol. The number of nitrogens with one attached hydrogen (secondary N) is 2. The van der Waals surface area contributed by atoms with Crippen molar-refractivity contribution in [2.75, 3.05) is 13.6 Å². The van der Waals surface area contributed by atoms with E-state index in [1.807, 2.05) is 0 Å². The summed E-state index contributed by atoms with van der Waals surface area (Å²) in [5.41, 5.74) is 0.148. The minimum atomic E-state index is -0.520. The summed E-state index contributed by atoms with van der Waals surface area (Å²) in [7, 11) is 1.75. The van der Waals surface area contributed by atoms with Crippen molar-refractivity contribution >= 4 is 18.3 Å². The van der Waals surface area contributed by atoms with Crippen molar-refractivity contribution in [2.45, 2.75) is 13.5 Å². The molecule has 1 unspecified atom stereocenters. The zero-order valence-corrected chi connectivity index (χ0v) is 11.1. The number of rotatable bonds is 5. The number of amides is 1. The van der Waals surface area contributed by atoms with Gasteiger partial charge < -0.3 is 10.6 Å². The fourth-order valence-electron chi connectivity index (χ4n) is 1.43. The van der Waals surface area contributed by atoms with Gasteiger partial charge in [0.15, 0.2) is 0 Å². The van der Waals surface area contributed by atoms with E-state index in [-0.39, 0.29) is 36.3 Å². The van der Waals surface area contributed by atoms with E-state index in [1.54, 1.807) is 14.0 Å². The molecule has 2 N–H and O–H groups in total. The van der Waals surface area contributed by atoms with E-state index < -0.39 is 11.6 Å². The summed E-state index contributed by atoms with van der Waals surface area (Å²) in [6, 6.07) is 3.18. The lowest BCUT2D eigenvalue weighted by atomic mass is 10.1. The van der Waals surface area contributed by atoms with Crippen LogP contribution in [0.1, 0.15) is 12.5 Å². The first-order valence-corrected chi connectivity index (χ1v) is 5.41. The van der Waals surface area contributed by atoms with Crippen LogP contribution in [0.4, 0.5) is 8.78 Å². The standard InChI is InChI=1S/C12H16F2N2O.ClH/c1-8(6-15-2)12(17)16-7-9-5-10(13)3-4-11(9)14;/h3-5,8,15H,6-7H2,1-2H3,(H,16,17);1H. The molecule has 0 spiro atoms. The summed E-state index contributed by atoms with van der Waals surface area (Å²) in [6.45, 7) is 2.29. The molecule has 0 aliphatic rings. The van der Waals surface area contributed by atoms with Gasteiger partial charge in [-0.2, -0.15) is 0 Å². The number of hydrogen-bond acceptors (Lipinski definition) is 2. The van der Waals surface area contributed by atoms with Crippen molar-refractivity contribution in [1.82, 2.24) is 10.6 Å². The van der Waals surface area contributed by atoms with E-state index in [1.165, 1.54) is 0 Å². The van der Waals surface area contributed by atoms with Gasteiger partial charge in [-0.1, -0.05) is 6.92 Å². The number of halogens is 3. The molecule has 0 aliphatic carbocycles. The van der Waals surface area contributed by atoms with Gasteiger partial charge in [0.1, 0.15) is 11.6 Å². The Labute approximate surface area is 111 Å². The van der Waals surface area contributed by atoms with Gasteiger partial charge in [-0.3, -0.25) is 4.79 Å². The van der Waals surface area contributed by atoms with Crippen molar-refractivity contribution in [1.29, 1.82) is 0 Å². The monoisotopic (exact) mass is 278 g/mol. The van der Waals surface area contributed by atoms with Crippen molar-refractivity contribution in [3.8, 4) is 0 Å². The minimum absolute atomic E-state index is 0. The van der Waals surface area contributed by atoms with Crippen LogP contribution in [0, 0.1) is 17.6 Å². The molecule has 0 saturated carbocycles. The van der Waals surface area contributed by atoms with Gasteiger partial charge >= 0.3 is 0 Å². The molecule has 0 bridgehead atoms. The maximum absolute atomic E-state index is 13.2. The molecule has 1 rings (SSSR count). The van der Waals surface area contributed by atoms with E-state index in [4.69, 9.17) is 0 Å². The predicted molar refractivity (Wildman–Crippen MR) is 68.5 cm³/mol. The molecule has 0 saturated heterocycles. The normalized spacial score (nSPS) is 11.6. The van der Waals surface area contributed by atoms with Gasteiger partial charge in [0, 0.05) is 24.6 Å². The van der Waals surface area contributed by atoms with Gasteiger partial charge in [-0.15, -0.1) is 12.4 Å². The zero-order chi connectivity index (χ0) is 12.8. The fraction of sp³-hybridized carbons (Fsp3) is 0.417. The third-order valence-corrected chi connectivity index (χ3v) is 2.42. The lowest BCUT2D eigenvalue weighted by molar-refractivity contribution is -0.124. The van der Waals surface area contributed by atoms with Gasteiger partial charge in [0.05, 0.1) is 0 Å². The molecule has 102 valence electrons. The maximum atomic E-state index is 13.2. The smallest absolute Gasteiger partial charge is 0.224 e. The second-order valence-corrected chi connectivity index (χ2v) is 3.91. The van der Waals surface area contributed by atoms with E-state index in [9.17, 15) is 13.6 Å². The number of benzene rings is 1. The first-order chi connectivity index (χ1) is 8.04. The van der Waals surface area contributed by atoms with E-state index in [2.05, 4.69) is 10.6 Å². The number of carbonyl (C=O) groups excluding carboxylic acids is 1. The van der Waals surface area contributed by atoms with Crippen LogP contribution in [0.3, 0.4) is 0 Å². The van der Waals surface area contributed by atoms with Crippen LogP contribution in [0.25, 0.3) is 0 Å². The Hall–Kier alpha value is -1.20. The minimum Gasteiger partial charge on any atom is -0.352 e. The second kappa shape index (κ2) is 8.00. The van der Waals surface area contributed by atoms with E-state index >= 15 is 0 Å². The second-order valence-electron chi connectivity index (χ2n) is 3.91. The molecule has 1 aromatic rings. The largest absolute Gasteiger partial charge is 0.352 e. The Balaban J connectivity index is 0.00000289. The van der Waals surface area contributed by atoms with Crippen LogP contribution in [0.5, 0.6) is 0 Å². The van der Waals surface area contributed by atoms with E-state index in [0.29, 0.717) is 6.54 Å². The number of carbonyl (C=O) groups is 1. The Morgan fingerprint density at radius 3 is 2.67 bits per heavy atom. The molecule has 1 atom stereocenters. The quantitative estimate of drug-likeness (QED) is 0.863. The molecular weight excluding hydrogens is 262 g/mol. The zero-order valence-electron chi connectivity index (χ0n) is 10.3. The molecule has 0 heterocycles. The Morgan fingerprint density at radius 1 is 1.39 bits per heavy atom. The molecule has 0 aromatic heterocycles. The Kier molecular flexibility index (Phi) is 7.47. The third-order valence-electron chi connectivity index (χ3n) is 2.42. The van der Waals surface area contributed by atoms with Crippen molar-refractivity contribution < 1.29 is 13.6 Å². The summed E-state index contributed by atoms with van der Waals surface area (Å²) in [6.07, 6.45) is 0. The van der Waals surface area contributed by atoms with Gasteiger partial charge in [-0.25, -0.2) is 8.78 Å². The highest BCUT2D eigenvalue weighted by atomic mass is 35.5. The molecule has 1 amide bonds. The van der Waals surface area contributed by atoms with Crippen molar-refractivity contribution in [3.05, 3.63) is 35.4 Å². The highest BCUT2D eigenvalue weighted by molar-refractivity contribution is 5.85. The van der Waals surface area contributed by atoms with Gasteiger partial charge in [-0.05, 0) is 25.2 Å². The van der Waals surface area contributed by atoms with Crippen molar-refractivity contribution in [2.24, 2.45) is 5.92 Å². The molecule has 0 radical (unpaired) electrons. The summed E-state index contributed by atoms with van der Waals surface area (Å²) < 4.78 is 26.1. The maximum Gasteiger partial charge on any atom is 0.224 e. The molecule has 18 heavy (non-hydrogen) atoms. The summed E-state index contributed by atoms with van der Waals surface area (Å²) in [5.74, 6) is -1.44. The molecular formula is C12H17ClF2N2O. The Morgan fingerprint density at radius 2 is 2.06 bits per heavy atom. The van der Waals surface area contributed by atoms with Crippen LogP contribution >= 0.6 is 12.4 Å². The van der Waals surface area contributed by atoms with Crippen LogP contribution in [-0.2, 0) is 11.3 Å².